The lowest BCUT2D eigenvalue weighted by molar-refractivity contribution is 0.850. The maximum atomic E-state index is 3.29. The Morgan fingerprint density at radius 2 is 1.69 bits per heavy atom. The molecule has 0 fully saturated rings. The molecule has 1 aliphatic rings. The lowest BCUT2D eigenvalue weighted by Gasteiger charge is -1.88. The lowest BCUT2D eigenvalue weighted by Crippen LogP contribution is -1.69. The average molecular weight is 173 g/mol. The van der Waals surface area contributed by atoms with Crippen molar-refractivity contribution in [1.29, 1.82) is 0 Å². The first-order chi connectivity index (χ1) is 6.50. The molecule has 0 atom stereocenters. The zero-order valence-electron chi connectivity index (χ0n) is 8.08. The fourth-order valence-corrected chi connectivity index (χ4v) is 1.18. The Labute approximate surface area is 81.4 Å². The SMILES string of the molecule is [C]1=C/C/C=C/C=C\C/C=C\CCC/1. The number of hydrogen-bond donors (Lipinski definition) is 0. The largest absolute Gasteiger partial charge is 0.0882 e. The first-order valence-electron chi connectivity index (χ1n) is 5.02. The summed E-state index contributed by atoms with van der Waals surface area (Å²) in [4.78, 5) is 0. The standard InChI is InChI=1S/C13H17/c1-2-4-6-8-10-12-13-11-9-7-5-3-1/h1-4,7-9H,5-6,11-13H2/b3-1-,4-2+,9-7-,10-8?. The molecule has 69 valence electrons. The Hall–Kier alpha value is -1.04. The van der Waals surface area contributed by atoms with Gasteiger partial charge >= 0.3 is 0 Å². The highest BCUT2D eigenvalue weighted by atomic mass is 13.9. The van der Waals surface area contributed by atoms with Gasteiger partial charge in [0.1, 0.15) is 0 Å². The monoisotopic (exact) mass is 173 g/mol. The van der Waals surface area contributed by atoms with Gasteiger partial charge in [-0.2, -0.15) is 0 Å². The van der Waals surface area contributed by atoms with Crippen LogP contribution in [-0.2, 0) is 0 Å². The molecule has 0 aromatic carbocycles. The molecule has 0 bridgehead atoms. The van der Waals surface area contributed by atoms with Gasteiger partial charge < -0.3 is 0 Å². The van der Waals surface area contributed by atoms with Crippen LogP contribution in [0.15, 0.2) is 42.5 Å². The minimum Gasteiger partial charge on any atom is -0.0882 e. The van der Waals surface area contributed by atoms with Gasteiger partial charge in [0.25, 0.3) is 0 Å². The summed E-state index contributed by atoms with van der Waals surface area (Å²) in [6.07, 6.45) is 24.0. The zero-order chi connectivity index (χ0) is 9.19. The van der Waals surface area contributed by atoms with Crippen molar-refractivity contribution < 1.29 is 0 Å². The molecule has 0 N–H and O–H groups in total. The minimum atomic E-state index is 1.01. The predicted octanol–water partition coefficient (Wildman–Crippen LogP) is 3.98. The van der Waals surface area contributed by atoms with Gasteiger partial charge in [0.2, 0.25) is 0 Å². The van der Waals surface area contributed by atoms with E-state index in [4.69, 9.17) is 0 Å². The molecule has 13 heavy (non-hydrogen) atoms. The molecule has 0 saturated carbocycles. The molecule has 1 rings (SSSR count). The second-order valence-electron chi connectivity index (χ2n) is 3.10. The van der Waals surface area contributed by atoms with E-state index in [1.165, 1.54) is 12.8 Å². The van der Waals surface area contributed by atoms with Crippen molar-refractivity contribution in [2.75, 3.05) is 0 Å². The predicted molar refractivity (Wildman–Crippen MR) is 58.3 cm³/mol. The smallest absolute Gasteiger partial charge is 0.0160 e. The second-order valence-corrected chi connectivity index (χ2v) is 3.10. The Kier molecular flexibility index (Phi) is 5.87. The van der Waals surface area contributed by atoms with Crippen molar-refractivity contribution >= 4 is 0 Å². The van der Waals surface area contributed by atoms with Crippen LogP contribution in [0.25, 0.3) is 0 Å². The molecule has 0 heterocycles. The van der Waals surface area contributed by atoms with Gasteiger partial charge in [-0.15, -0.1) is 0 Å². The molecule has 0 saturated heterocycles. The molecular weight excluding hydrogens is 156 g/mol. The second kappa shape index (κ2) is 7.60. The van der Waals surface area contributed by atoms with Crippen LogP contribution < -0.4 is 0 Å². The molecule has 0 heteroatoms. The van der Waals surface area contributed by atoms with Gasteiger partial charge in [-0.05, 0) is 38.2 Å². The Balaban J connectivity index is 2.38. The zero-order valence-corrected chi connectivity index (χ0v) is 8.08. The van der Waals surface area contributed by atoms with E-state index in [-0.39, 0.29) is 0 Å². The third kappa shape index (κ3) is 6.15. The number of rotatable bonds is 0. The molecular formula is C13H17. The molecule has 1 radical (unpaired) electrons. The maximum Gasteiger partial charge on any atom is -0.0160 e. The first-order valence-corrected chi connectivity index (χ1v) is 5.02. The normalized spacial score (nSPS) is 28.9. The molecule has 0 nitrogen and oxygen atoms in total. The van der Waals surface area contributed by atoms with E-state index < -0.39 is 0 Å². The van der Waals surface area contributed by atoms with E-state index in [0.717, 1.165) is 19.3 Å². The van der Waals surface area contributed by atoms with Crippen LogP contribution in [0.4, 0.5) is 0 Å². The maximum absolute atomic E-state index is 3.29. The summed E-state index contributed by atoms with van der Waals surface area (Å²) >= 11 is 0. The van der Waals surface area contributed by atoms with Gasteiger partial charge in [0, 0.05) is 0 Å². The minimum absolute atomic E-state index is 1.01. The van der Waals surface area contributed by atoms with Crippen LogP contribution in [0.5, 0.6) is 0 Å². The lowest BCUT2D eigenvalue weighted by atomic mass is 10.2. The van der Waals surface area contributed by atoms with Crippen LogP contribution in [0.3, 0.4) is 0 Å². The van der Waals surface area contributed by atoms with E-state index in [0.29, 0.717) is 0 Å². The molecule has 0 aliphatic heterocycles. The van der Waals surface area contributed by atoms with E-state index in [2.05, 4.69) is 48.6 Å². The molecule has 0 aromatic heterocycles. The van der Waals surface area contributed by atoms with Crippen LogP contribution in [-0.4, -0.2) is 0 Å². The highest BCUT2D eigenvalue weighted by molar-refractivity contribution is 5.06. The molecule has 0 amide bonds. The summed E-state index contributed by atoms with van der Waals surface area (Å²) in [7, 11) is 0. The average Bonchev–Trinajstić information content (AvgIpc) is 2.18. The van der Waals surface area contributed by atoms with E-state index in [1.807, 2.05) is 0 Å². The van der Waals surface area contributed by atoms with Crippen molar-refractivity contribution in [3.63, 3.8) is 0 Å². The van der Waals surface area contributed by atoms with Crippen molar-refractivity contribution in [3.8, 4) is 0 Å². The Morgan fingerprint density at radius 1 is 0.846 bits per heavy atom. The first kappa shape index (κ1) is 10.0. The van der Waals surface area contributed by atoms with Crippen LogP contribution in [0, 0.1) is 6.08 Å². The Bertz CT molecular complexity index is 192. The summed E-state index contributed by atoms with van der Waals surface area (Å²) in [5.41, 5.74) is 0. The van der Waals surface area contributed by atoms with Crippen molar-refractivity contribution in [1.82, 2.24) is 0 Å². The van der Waals surface area contributed by atoms with Gasteiger partial charge in [-0.3, -0.25) is 0 Å². The van der Waals surface area contributed by atoms with Crippen molar-refractivity contribution in [3.05, 3.63) is 48.6 Å². The van der Waals surface area contributed by atoms with Gasteiger partial charge in [0.15, 0.2) is 0 Å². The summed E-state index contributed by atoms with van der Waals surface area (Å²) < 4.78 is 0. The number of hydrogen-bond acceptors (Lipinski definition) is 0. The van der Waals surface area contributed by atoms with E-state index in [9.17, 15) is 0 Å². The highest BCUT2D eigenvalue weighted by Crippen LogP contribution is 2.00. The van der Waals surface area contributed by atoms with Gasteiger partial charge in [0.05, 0.1) is 0 Å². The van der Waals surface area contributed by atoms with Crippen LogP contribution in [0.1, 0.15) is 32.1 Å². The summed E-state index contributed by atoms with van der Waals surface area (Å²) in [6, 6.07) is 0. The third-order valence-electron chi connectivity index (χ3n) is 1.91. The Morgan fingerprint density at radius 3 is 2.62 bits per heavy atom. The third-order valence-corrected chi connectivity index (χ3v) is 1.91. The van der Waals surface area contributed by atoms with E-state index >= 15 is 0 Å². The van der Waals surface area contributed by atoms with Gasteiger partial charge in [-0.25, -0.2) is 0 Å². The highest BCUT2D eigenvalue weighted by Gasteiger charge is 1.81. The fraction of sp³-hybridized carbons (Fsp3) is 0.385. The number of allylic oxidation sites excluding steroid dienone is 8. The molecule has 0 unspecified atom stereocenters. The summed E-state index contributed by atoms with van der Waals surface area (Å²) in [5, 5.41) is 0. The van der Waals surface area contributed by atoms with Gasteiger partial charge in [-0.1, -0.05) is 42.5 Å². The topological polar surface area (TPSA) is 0 Å². The fourth-order valence-electron chi connectivity index (χ4n) is 1.18. The van der Waals surface area contributed by atoms with Crippen LogP contribution >= 0.6 is 0 Å². The summed E-state index contributed by atoms with van der Waals surface area (Å²) in [6.45, 7) is 0. The molecule has 0 spiro atoms. The summed E-state index contributed by atoms with van der Waals surface area (Å²) in [5.74, 6) is 0. The van der Waals surface area contributed by atoms with Crippen molar-refractivity contribution in [2.45, 2.75) is 32.1 Å². The van der Waals surface area contributed by atoms with Crippen molar-refractivity contribution in [2.24, 2.45) is 0 Å². The van der Waals surface area contributed by atoms with E-state index in [1.54, 1.807) is 0 Å². The molecule has 0 aromatic rings. The molecule has 1 aliphatic carbocycles. The quantitative estimate of drug-likeness (QED) is 0.486. The van der Waals surface area contributed by atoms with Crippen LogP contribution in [0.2, 0.25) is 0 Å².